The molecule has 1 N–H and O–H groups in total. The number of nitrogens with one attached hydrogen (secondary N) is 1. The van der Waals surface area contributed by atoms with Gasteiger partial charge in [-0.15, -0.1) is 11.8 Å². The molecule has 96 valence electrons. The number of rotatable bonds is 7. The third kappa shape index (κ3) is 6.01. The summed E-state index contributed by atoms with van der Waals surface area (Å²) in [5.74, 6) is 1.68. The van der Waals surface area contributed by atoms with Crippen molar-refractivity contribution in [3.63, 3.8) is 0 Å². The number of benzene rings is 1. The third-order valence-corrected chi connectivity index (χ3v) is 4.40. The standard InChI is InChI=1S/C13H19Cl2NS/c1-3-6-16-8-10(2)9-17-13-7-11(14)4-5-12(13)15/h4-5,7,10,16H,3,6,8-9H2,1-2H3. The Kier molecular flexibility index (Phi) is 7.36. The molecule has 0 bridgehead atoms. The van der Waals surface area contributed by atoms with Gasteiger partial charge in [0.25, 0.3) is 0 Å². The van der Waals surface area contributed by atoms with Crippen molar-refractivity contribution in [2.45, 2.75) is 25.2 Å². The van der Waals surface area contributed by atoms with Gasteiger partial charge in [-0.05, 0) is 43.6 Å². The molecular formula is C13H19Cl2NS. The van der Waals surface area contributed by atoms with Crippen LogP contribution in [0, 0.1) is 5.92 Å². The number of hydrogen-bond acceptors (Lipinski definition) is 2. The third-order valence-electron chi connectivity index (χ3n) is 2.34. The van der Waals surface area contributed by atoms with Crippen LogP contribution in [0.4, 0.5) is 0 Å². The van der Waals surface area contributed by atoms with Crippen LogP contribution < -0.4 is 5.32 Å². The normalized spacial score (nSPS) is 12.7. The van der Waals surface area contributed by atoms with E-state index in [1.165, 1.54) is 6.42 Å². The molecule has 0 spiro atoms. The number of hydrogen-bond donors (Lipinski definition) is 1. The largest absolute Gasteiger partial charge is 0.316 e. The lowest BCUT2D eigenvalue weighted by Gasteiger charge is -2.12. The SMILES string of the molecule is CCCNCC(C)CSc1cc(Cl)ccc1Cl. The number of thioether (sulfide) groups is 1. The van der Waals surface area contributed by atoms with Crippen LogP contribution in [0.25, 0.3) is 0 Å². The van der Waals surface area contributed by atoms with Crippen molar-refractivity contribution in [2.75, 3.05) is 18.8 Å². The summed E-state index contributed by atoms with van der Waals surface area (Å²) in [5.41, 5.74) is 0. The molecule has 1 unspecified atom stereocenters. The fourth-order valence-electron chi connectivity index (χ4n) is 1.40. The molecule has 1 aromatic carbocycles. The Bertz CT molecular complexity index is 344. The van der Waals surface area contributed by atoms with Crippen molar-refractivity contribution >= 4 is 35.0 Å². The fraction of sp³-hybridized carbons (Fsp3) is 0.538. The lowest BCUT2D eigenvalue weighted by Crippen LogP contribution is -2.23. The summed E-state index contributed by atoms with van der Waals surface area (Å²) < 4.78 is 0. The van der Waals surface area contributed by atoms with E-state index in [9.17, 15) is 0 Å². The molecule has 1 atom stereocenters. The van der Waals surface area contributed by atoms with E-state index in [-0.39, 0.29) is 0 Å². The number of halogens is 2. The Morgan fingerprint density at radius 2 is 2.12 bits per heavy atom. The van der Waals surface area contributed by atoms with E-state index in [0.29, 0.717) is 5.92 Å². The molecule has 0 amide bonds. The minimum atomic E-state index is 0.626. The summed E-state index contributed by atoms with van der Waals surface area (Å²) >= 11 is 13.8. The quantitative estimate of drug-likeness (QED) is 0.576. The average Bonchev–Trinajstić information content (AvgIpc) is 2.31. The maximum atomic E-state index is 6.11. The Labute approximate surface area is 118 Å². The van der Waals surface area contributed by atoms with E-state index in [1.54, 1.807) is 11.8 Å². The summed E-state index contributed by atoms with van der Waals surface area (Å²) in [6.45, 7) is 6.57. The maximum Gasteiger partial charge on any atom is 0.0542 e. The summed E-state index contributed by atoms with van der Waals surface area (Å²) in [6, 6.07) is 5.60. The van der Waals surface area contributed by atoms with Gasteiger partial charge < -0.3 is 5.32 Å². The molecule has 0 aliphatic carbocycles. The lowest BCUT2D eigenvalue weighted by molar-refractivity contribution is 0.557. The highest BCUT2D eigenvalue weighted by Crippen LogP contribution is 2.30. The van der Waals surface area contributed by atoms with Gasteiger partial charge in [0.2, 0.25) is 0 Å². The second kappa shape index (κ2) is 8.25. The molecular weight excluding hydrogens is 273 g/mol. The topological polar surface area (TPSA) is 12.0 Å². The zero-order chi connectivity index (χ0) is 12.7. The van der Waals surface area contributed by atoms with Gasteiger partial charge >= 0.3 is 0 Å². The molecule has 0 saturated carbocycles. The Balaban J connectivity index is 2.36. The average molecular weight is 292 g/mol. The van der Waals surface area contributed by atoms with Crippen LogP contribution in [0.1, 0.15) is 20.3 Å². The van der Waals surface area contributed by atoms with Gasteiger partial charge in [-0.25, -0.2) is 0 Å². The van der Waals surface area contributed by atoms with Gasteiger partial charge in [-0.2, -0.15) is 0 Å². The van der Waals surface area contributed by atoms with Gasteiger partial charge in [0, 0.05) is 15.7 Å². The molecule has 4 heteroatoms. The maximum absolute atomic E-state index is 6.11. The van der Waals surface area contributed by atoms with Gasteiger partial charge in [-0.1, -0.05) is 37.0 Å². The second-order valence-electron chi connectivity index (χ2n) is 4.20. The molecule has 0 aromatic heterocycles. The van der Waals surface area contributed by atoms with Gasteiger partial charge in [-0.3, -0.25) is 0 Å². The van der Waals surface area contributed by atoms with Crippen molar-refractivity contribution in [3.8, 4) is 0 Å². The highest BCUT2D eigenvalue weighted by Gasteiger charge is 2.06. The summed E-state index contributed by atoms with van der Waals surface area (Å²) in [5, 5.41) is 4.95. The van der Waals surface area contributed by atoms with E-state index >= 15 is 0 Å². The van der Waals surface area contributed by atoms with Crippen molar-refractivity contribution in [1.82, 2.24) is 5.32 Å². The van der Waals surface area contributed by atoms with Crippen molar-refractivity contribution in [1.29, 1.82) is 0 Å². The van der Waals surface area contributed by atoms with Crippen molar-refractivity contribution in [3.05, 3.63) is 28.2 Å². The summed E-state index contributed by atoms with van der Waals surface area (Å²) in [7, 11) is 0. The molecule has 1 rings (SSSR count). The van der Waals surface area contributed by atoms with Crippen LogP contribution >= 0.6 is 35.0 Å². The van der Waals surface area contributed by atoms with Crippen LogP contribution in [-0.2, 0) is 0 Å². The van der Waals surface area contributed by atoms with Crippen molar-refractivity contribution in [2.24, 2.45) is 5.92 Å². The minimum absolute atomic E-state index is 0.626. The Hall–Kier alpha value is 0.110. The van der Waals surface area contributed by atoms with Crippen molar-refractivity contribution < 1.29 is 0 Å². The highest BCUT2D eigenvalue weighted by atomic mass is 35.5. The summed E-state index contributed by atoms with van der Waals surface area (Å²) in [4.78, 5) is 1.07. The van der Waals surface area contributed by atoms with E-state index in [4.69, 9.17) is 23.2 Å². The molecule has 1 nitrogen and oxygen atoms in total. The smallest absolute Gasteiger partial charge is 0.0542 e. The van der Waals surface area contributed by atoms with E-state index < -0.39 is 0 Å². The fourth-order valence-corrected chi connectivity index (χ4v) is 2.92. The first-order valence-corrected chi connectivity index (χ1v) is 7.66. The molecule has 0 radical (unpaired) electrons. The lowest BCUT2D eigenvalue weighted by atomic mass is 10.2. The van der Waals surface area contributed by atoms with E-state index in [2.05, 4.69) is 19.2 Å². The van der Waals surface area contributed by atoms with Crippen LogP contribution in [-0.4, -0.2) is 18.8 Å². The molecule has 17 heavy (non-hydrogen) atoms. The predicted molar refractivity (Wildman–Crippen MR) is 79.5 cm³/mol. The Morgan fingerprint density at radius 3 is 2.82 bits per heavy atom. The first-order valence-electron chi connectivity index (χ1n) is 5.92. The predicted octanol–water partition coefficient (Wildman–Crippen LogP) is 4.72. The monoisotopic (exact) mass is 291 g/mol. The van der Waals surface area contributed by atoms with Crippen LogP contribution in [0.15, 0.2) is 23.1 Å². The van der Waals surface area contributed by atoms with E-state index in [1.807, 2.05) is 18.2 Å². The first-order chi connectivity index (χ1) is 8.13. The zero-order valence-corrected chi connectivity index (χ0v) is 12.6. The molecule has 0 saturated heterocycles. The zero-order valence-electron chi connectivity index (χ0n) is 10.3. The molecule has 0 fully saturated rings. The molecule has 1 aromatic rings. The van der Waals surface area contributed by atoms with Crippen LogP contribution in [0.3, 0.4) is 0 Å². The van der Waals surface area contributed by atoms with Gasteiger partial charge in [0.15, 0.2) is 0 Å². The second-order valence-corrected chi connectivity index (χ2v) is 6.10. The highest BCUT2D eigenvalue weighted by molar-refractivity contribution is 7.99. The first kappa shape index (κ1) is 15.2. The van der Waals surface area contributed by atoms with Crippen LogP contribution in [0.2, 0.25) is 10.0 Å². The summed E-state index contributed by atoms with van der Waals surface area (Å²) in [6.07, 6.45) is 1.18. The molecule has 0 aliphatic rings. The van der Waals surface area contributed by atoms with Gasteiger partial charge in [0.1, 0.15) is 0 Å². The molecule has 0 heterocycles. The Morgan fingerprint density at radius 1 is 1.35 bits per heavy atom. The van der Waals surface area contributed by atoms with Gasteiger partial charge in [0.05, 0.1) is 5.02 Å². The minimum Gasteiger partial charge on any atom is -0.316 e. The molecule has 0 aliphatic heterocycles. The van der Waals surface area contributed by atoms with E-state index in [0.717, 1.165) is 33.8 Å². The van der Waals surface area contributed by atoms with Crippen LogP contribution in [0.5, 0.6) is 0 Å².